The largest absolute Gasteiger partial charge is 0.480 e. The molecular weight excluding hydrogens is 228 g/mol. The quantitative estimate of drug-likeness (QED) is 0.784. The predicted molar refractivity (Wildman–Crippen MR) is 71.6 cm³/mol. The molecule has 4 nitrogen and oxygen atoms in total. The molecule has 104 valence electrons. The maximum absolute atomic E-state index is 11.3. The van der Waals surface area contributed by atoms with Crippen LogP contribution in [0.15, 0.2) is 0 Å². The van der Waals surface area contributed by atoms with Crippen LogP contribution < -0.4 is 5.32 Å². The molecule has 2 rings (SSSR count). The summed E-state index contributed by atoms with van der Waals surface area (Å²) in [6.07, 6.45) is 6.50. The highest BCUT2D eigenvalue weighted by Gasteiger charge is 2.36. The van der Waals surface area contributed by atoms with Gasteiger partial charge in [0.15, 0.2) is 0 Å². The van der Waals surface area contributed by atoms with Gasteiger partial charge >= 0.3 is 5.97 Å². The van der Waals surface area contributed by atoms with Gasteiger partial charge in [0.2, 0.25) is 0 Å². The van der Waals surface area contributed by atoms with Gasteiger partial charge < -0.3 is 10.4 Å². The van der Waals surface area contributed by atoms with E-state index >= 15 is 0 Å². The van der Waals surface area contributed by atoms with Crippen molar-refractivity contribution in [1.82, 2.24) is 10.2 Å². The molecule has 4 heteroatoms. The lowest BCUT2D eigenvalue weighted by molar-refractivity contribution is -0.140. The highest BCUT2D eigenvalue weighted by atomic mass is 16.4. The average molecular weight is 254 g/mol. The first-order chi connectivity index (χ1) is 8.58. The number of carboxylic acid groups (broad SMARTS) is 1. The van der Waals surface area contributed by atoms with Gasteiger partial charge in [0.25, 0.3) is 0 Å². The van der Waals surface area contributed by atoms with Gasteiger partial charge in [-0.3, -0.25) is 9.69 Å². The van der Waals surface area contributed by atoms with Crippen LogP contribution in [0.2, 0.25) is 0 Å². The lowest BCUT2D eigenvalue weighted by Gasteiger charge is -2.39. The van der Waals surface area contributed by atoms with Crippen molar-refractivity contribution in [3.8, 4) is 0 Å². The van der Waals surface area contributed by atoms with Crippen molar-refractivity contribution < 1.29 is 9.90 Å². The Bertz CT molecular complexity index is 294. The Hall–Kier alpha value is -0.610. The fraction of sp³-hybridized carbons (Fsp3) is 0.929. The number of piperidine rings is 1. The third-order valence-electron chi connectivity index (χ3n) is 4.36. The number of likely N-dealkylation sites (tertiary alicyclic amines) is 1. The molecule has 2 N–H and O–H groups in total. The van der Waals surface area contributed by atoms with Crippen LogP contribution in [0.25, 0.3) is 0 Å². The van der Waals surface area contributed by atoms with Crippen molar-refractivity contribution in [2.45, 2.75) is 64.1 Å². The number of carboxylic acids is 1. The van der Waals surface area contributed by atoms with Crippen LogP contribution in [-0.2, 0) is 4.79 Å². The molecule has 0 aromatic rings. The fourth-order valence-corrected chi connectivity index (χ4v) is 3.62. The summed E-state index contributed by atoms with van der Waals surface area (Å²) in [6, 6.07) is 0.439. The first-order valence-electron chi connectivity index (χ1n) is 7.31. The molecule has 1 aliphatic carbocycles. The normalized spacial score (nSPS) is 30.4. The predicted octanol–water partition coefficient (Wildman–Crippen LogP) is 1.70. The number of aliphatic carboxylic acids is 1. The maximum Gasteiger partial charge on any atom is 0.322 e. The minimum absolute atomic E-state index is 0.218. The summed E-state index contributed by atoms with van der Waals surface area (Å²) in [6.45, 7) is 5.74. The summed E-state index contributed by atoms with van der Waals surface area (Å²) in [4.78, 5) is 13.7. The van der Waals surface area contributed by atoms with Gasteiger partial charge in [0.1, 0.15) is 6.04 Å². The summed E-state index contributed by atoms with van der Waals surface area (Å²) >= 11 is 0. The minimum atomic E-state index is -0.719. The summed E-state index contributed by atoms with van der Waals surface area (Å²) in [7, 11) is 0. The van der Waals surface area contributed by atoms with Gasteiger partial charge in [-0.15, -0.1) is 0 Å². The van der Waals surface area contributed by atoms with E-state index in [0.29, 0.717) is 12.6 Å². The molecule has 2 fully saturated rings. The molecule has 1 saturated heterocycles. The SMILES string of the molecule is CC(C)NC(CN1CCCC2CCCC21)C(=O)O. The van der Waals surface area contributed by atoms with Crippen LogP contribution >= 0.6 is 0 Å². The molecule has 3 unspecified atom stereocenters. The highest BCUT2D eigenvalue weighted by molar-refractivity contribution is 5.73. The first kappa shape index (κ1) is 13.8. The zero-order valence-electron chi connectivity index (χ0n) is 11.6. The number of nitrogens with zero attached hydrogens (tertiary/aromatic N) is 1. The van der Waals surface area contributed by atoms with Crippen LogP contribution in [0, 0.1) is 5.92 Å². The smallest absolute Gasteiger partial charge is 0.322 e. The number of nitrogens with one attached hydrogen (secondary N) is 1. The number of hydrogen-bond donors (Lipinski definition) is 2. The molecule has 1 heterocycles. The summed E-state index contributed by atoms with van der Waals surface area (Å²) < 4.78 is 0. The minimum Gasteiger partial charge on any atom is -0.480 e. The second kappa shape index (κ2) is 6.02. The van der Waals surface area contributed by atoms with Gasteiger partial charge in [-0.25, -0.2) is 0 Å². The third-order valence-corrected chi connectivity index (χ3v) is 4.36. The molecule has 0 aromatic carbocycles. The second-order valence-corrected chi connectivity index (χ2v) is 6.11. The average Bonchev–Trinajstić information content (AvgIpc) is 2.76. The fourth-order valence-electron chi connectivity index (χ4n) is 3.62. The number of fused-ring (bicyclic) bond motifs is 1. The molecule has 0 radical (unpaired) electrons. The number of carbonyl (C=O) groups is 1. The molecule has 0 spiro atoms. The lowest BCUT2D eigenvalue weighted by Crippen LogP contribution is -2.53. The van der Waals surface area contributed by atoms with Crippen molar-refractivity contribution in [3.63, 3.8) is 0 Å². The van der Waals surface area contributed by atoms with Crippen LogP contribution in [0.4, 0.5) is 0 Å². The van der Waals surface area contributed by atoms with Gasteiger partial charge in [-0.2, -0.15) is 0 Å². The third kappa shape index (κ3) is 3.23. The van der Waals surface area contributed by atoms with E-state index in [2.05, 4.69) is 10.2 Å². The van der Waals surface area contributed by atoms with Crippen molar-refractivity contribution in [1.29, 1.82) is 0 Å². The number of hydrogen-bond acceptors (Lipinski definition) is 3. The Morgan fingerprint density at radius 3 is 2.72 bits per heavy atom. The Labute approximate surface area is 110 Å². The van der Waals surface area contributed by atoms with Gasteiger partial charge in [0.05, 0.1) is 0 Å². The monoisotopic (exact) mass is 254 g/mol. The summed E-state index contributed by atoms with van der Waals surface area (Å²) in [5.74, 6) is 0.107. The highest BCUT2D eigenvalue weighted by Crippen LogP contribution is 2.36. The molecule has 18 heavy (non-hydrogen) atoms. The Morgan fingerprint density at radius 2 is 2.06 bits per heavy atom. The topological polar surface area (TPSA) is 52.6 Å². The van der Waals surface area contributed by atoms with Crippen LogP contribution in [0.1, 0.15) is 46.0 Å². The van der Waals surface area contributed by atoms with Crippen molar-refractivity contribution in [3.05, 3.63) is 0 Å². The number of rotatable bonds is 5. The molecule has 1 saturated carbocycles. The molecule has 1 aliphatic heterocycles. The summed E-state index contributed by atoms with van der Waals surface area (Å²) in [5, 5.41) is 12.5. The lowest BCUT2D eigenvalue weighted by atomic mass is 9.91. The van der Waals surface area contributed by atoms with E-state index in [4.69, 9.17) is 0 Å². The van der Waals surface area contributed by atoms with E-state index in [9.17, 15) is 9.90 Å². The van der Waals surface area contributed by atoms with Crippen molar-refractivity contribution in [2.24, 2.45) is 5.92 Å². The Balaban J connectivity index is 1.95. The zero-order chi connectivity index (χ0) is 13.1. The van der Waals surface area contributed by atoms with Crippen molar-refractivity contribution >= 4 is 5.97 Å². The molecule has 3 atom stereocenters. The zero-order valence-corrected chi connectivity index (χ0v) is 11.6. The van der Waals surface area contributed by atoms with Gasteiger partial charge in [0, 0.05) is 18.6 Å². The summed E-state index contributed by atoms with van der Waals surface area (Å²) in [5.41, 5.74) is 0. The molecular formula is C14H26N2O2. The van der Waals surface area contributed by atoms with E-state index in [1.807, 2.05) is 13.8 Å². The van der Waals surface area contributed by atoms with Gasteiger partial charge in [-0.05, 0) is 38.1 Å². The van der Waals surface area contributed by atoms with Crippen LogP contribution in [0.5, 0.6) is 0 Å². The standard InChI is InChI=1S/C14H26N2O2/c1-10(2)15-12(14(17)18)9-16-8-4-6-11-5-3-7-13(11)16/h10-13,15H,3-9H2,1-2H3,(H,17,18). The van der Waals surface area contributed by atoms with Crippen LogP contribution in [-0.4, -0.2) is 47.2 Å². The second-order valence-electron chi connectivity index (χ2n) is 6.11. The maximum atomic E-state index is 11.3. The van der Waals surface area contributed by atoms with E-state index in [1.54, 1.807) is 0 Å². The van der Waals surface area contributed by atoms with E-state index in [1.165, 1.54) is 32.1 Å². The van der Waals surface area contributed by atoms with E-state index in [0.717, 1.165) is 12.5 Å². The first-order valence-corrected chi connectivity index (χ1v) is 7.31. The molecule has 2 aliphatic rings. The van der Waals surface area contributed by atoms with Crippen LogP contribution in [0.3, 0.4) is 0 Å². The van der Waals surface area contributed by atoms with Crippen molar-refractivity contribution in [2.75, 3.05) is 13.1 Å². The Kier molecular flexibility index (Phi) is 4.62. The molecule has 0 bridgehead atoms. The van der Waals surface area contributed by atoms with E-state index in [-0.39, 0.29) is 6.04 Å². The van der Waals surface area contributed by atoms with Gasteiger partial charge in [-0.1, -0.05) is 20.3 Å². The van der Waals surface area contributed by atoms with E-state index < -0.39 is 12.0 Å². The molecule has 0 aromatic heterocycles. The Morgan fingerprint density at radius 1 is 1.33 bits per heavy atom. The molecule has 0 amide bonds.